The molecule has 0 bridgehead atoms. The summed E-state index contributed by atoms with van der Waals surface area (Å²) in [6, 6.07) is 16.3. The normalized spacial score (nSPS) is 15.0. The Hall–Kier alpha value is -3.82. The van der Waals surface area contributed by atoms with Gasteiger partial charge in [0.15, 0.2) is 0 Å². The fraction of sp³-hybridized carbons (Fsp3) is 0.259. The Bertz CT molecular complexity index is 1300. The zero-order chi connectivity index (χ0) is 25.8. The second kappa shape index (κ2) is 10.8. The first-order valence-electron chi connectivity index (χ1n) is 11.5. The minimum absolute atomic E-state index is 0.0297. The molecule has 2 heterocycles. The number of hydrogen-bond acceptors (Lipinski definition) is 7. The summed E-state index contributed by atoms with van der Waals surface area (Å²) in [6.45, 7) is 2.88. The summed E-state index contributed by atoms with van der Waals surface area (Å²) in [7, 11) is 5.26. The predicted molar refractivity (Wildman–Crippen MR) is 143 cm³/mol. The van der Waals surface area contributed by atoms with Gasteiger partial charge >= 0.3 is 5.97 Å². The van der Waals surface area contributed by atoms with Crippen LogP contribution in [0.4, 0.5) is 17.1 Å². The molecule has 36 heavy (non-hydrogen) atoms. The van der Waals surface area contributed by atoms with E-state index in [2.05, 4.69) is 5.32 Å². The minimum atomic E-state index is -0.626. The van der Waals surface area contributed by atoms with E-state index in [0.717, 1.165) is 22.7 Å². The summed E-state index contributed by atoms with van der Waals surface area (Å²) in [4.78, 5) is 46.8. The van der Waals surface area contributed by atoms with Crippen LogP contribution in [0.15, 0.2) is 65.0 Å². The molecule has 2 amide bonds. The molecule has 1 aromatic heterocycles. The van der Waals surface area contributed by atoms with Crippen molar-refractivity contribution in [2.45, 2.75) is 12.8 Å². The molecule has 4 rings (SSSR count). The van der Waals surface area contributed by atoms with E-state index in [0.29, 0.717) is 29.2 Å². The fourth-order valence-electron chi connectivity index (χ4n) is 4.08. The standard InChI is InChI=1S/C27H28N4O4S/c1-17(32)31(14-13-30(2)3)20-10-8-19(9-11-20)28-25(23-6-5-15-36-23)24-21-12-7-18(27(34)35-4)16-22(21)29-26(24)33/h5-12,15-16,24H,13-14H2,1-4H3,(H,29,33). The molecular formula is C27H28N4O4S. The Kier molecular flexibility index (Phi) is 7.61. The maximum absolute atomic E-state index is 13.1. The van der Waals surface area contributed by atoms with E-state index in [-0.39, 0.29) is 11.8 Å². The van der Waals surface area contributed by atoms with E-state index in [1.165, 1.54) is 18.4 Å². The third kappa shape index (κ3) is 5.37. The largest absolute Gasteiger partial charge is 0.465 e. The highest BCUT2D eigenvalue weighted by atomic mass is 32.1. The van der Waals surface area contributed by atoms with Gasteiger partial charge in [-0.1, -0.05) is 12.1 Å². The van der Waals surface area contributed by atoms with Crippen molar-refractivity contribution in [1.82, 2.24) is 4.90 Å². The Morgan fingerprint density at radius 1 is 1.08 bits per heavy atom. The average molecular weight is 505 g/mol. The Labute approximate surface area is 214 Å². The lowest BCUT2D eigenvalue weighted by molar-refractivity contribution is -0.117. The lowest BCUT2D eigenvalue weighted by Crippen LogP contribution is -2.35. The van der Waals surface area contributed by atoms with Gasteiger partial charge < -0.3 is 19.9 Å². The van der Waals surface area contributed by atoms with E-state index in [9.17, 15) is 14.4 Å². The topological polar surface area (TPSA) is 91.3 Å². The highest BCUT2D eigenvalue weighted by Crippen LogP contribution is 2.38. The lowest BCUT2D eigenvalue weighted by Gasteiger charge is -2.23. The molecule has 1 aliphatic heterocycles. The number of anilines is 2. The monoisotopic (exact) mass is 504 g/mol. The number of hydrogen-bond donors (Lipinski definition) is 1. The smallest absolute Gasteiger partial charge is 0.337 e. The molecule has 186 valence electrons. The molecule has 0 fully saturated rings. The number of methoxy groups -OCH3 is 1. The second-order valence-electron chi connectivity index (χ2n) is 8.68. The number of benzene rings is 2. The van der Waals surface area contributed by atoms with E-state index >= 15 is 0 Å². The number of amides is 2. The van der Waals surface area contributed by atoms with Gasteiger partial charge in [0, 0.05) is 36.3 Å². The number of thiophene rings is 1. The van der Waals surface area contributed by atoms with Crippen LogP contribution in [-0.2, 0) is 14.3 Å². The first-order chi connectivity index (χ1) is 17.3. The third-order valence-corrected chi connectivity index (χ3v) is 6.81. The summed E-state index contributed by atoms with van der Waals surface area (Å²) in [5.74, 6) is -1.33. The summed E-state index contributed by atoms with van der Waals surface area (Å²) in [5.41, 5.74) is 3.78. The number of rotatable bonds is 8. The van der Waals surface area contributed by atoms with Crippen molar-refractivity contribution in [1.29, 1.82) is 0 Å². The molecule has 1 unspecified atom stereocenters. The summed E-state index contributed by atoms with van der Waals surface area (Å²) < 4.78 is 4.80. The molecule has 8 nitrogen and oxygen atoms in total. The number of carbonyl (C=O) groups is 3. The Morgan fingerprint density at radius 2 is 1.83 bits per heavy atom. The highest BCUT2D eigenvalue weighted by Gasteiger charge is 2.36. The first-order valence-corrected chi connectivity index (χ1v) is 12.3. The number of nitrogens with one attached hydrogen (secondary N) is 1. The molecule has 0 aliphatic carbocycles. The second-order valence-corrected chi connectivity index (χ2v) is 9.63. The van der Waals surface area contributed by atoms with Crippen molar-refractivity contribution < 1.29 is 19.1 Å². The van der Waals surface area contributed by atoms with Crippen LogP contribution in [0.2, 0.25) is 0 Å². The molecule has 0 saturated heterocycles. The van der Waals surface area contributed by atoms with Gasteiger partial charge in [-0.3, -0.25) is 14.6 Å². The molecule has 3 aromatic rings. The third-order valence-electron chi connectivity index (χ3n) is 5.91. The van der Waals surface area contributed by atoms with E-state index in [1.807, 2.05) is 60.8 Å². The summed E-state index contributed by atoms with van der Waals surface area (Å²) in [6.07, 6.45) is 0. The van der Waals surface area contributed by atoms with Crippen molar-refractivity contribution in [2.75, 3.05) is 44.5 Å². The van der Waals surface area contributed by atoms with Crippen LogP contribution in [0.3, 0.4) is 0 Å². The van der Waals surface area contributed by atoms with Crippen LogP contribution in [0, 0.1) is 0 Å². The van der Waals surface area contributed by atoms with Gasteiger partial charge in [0.05, 0.1) is 24.1 Å². The maximum Gasteiger partial charge on any atom is 0.337 e. The SMILES string of the molecule is COC(=O)c1ccc2c(c1)NC(=O)C2C(=Nc1ccc(N(CCN(C)C)C(C)=O)cc1)c1cccs1. The molecule has 0 radical (unpaired) electrons. The number of nitrogens with zero attached hydrogens (tertiary/aromatic N) is 3. The van der Waals surface area contributed by atoms with Gasteiger partial charge in [-0.2, -0.15) is 0 Å². The van der Waals surface area contributed by atoms with Crippen molar-refractivity contribution >= 4 is 51.9 Å². The number of ether oxygens (including phenoxy) is 1. The maximum atomic E-state index is 13.1. The molecule has 0 saturated carbocycles. The number of fused-ring (bicyclic) bond motifs is 1. The van der Waals surface area contributed by atoms with Crippen LogP contribution in [0.25, 0.3) is 0 Å². The van der Waals surface area contributed by atoms with Crippen LogP contribution in [-0.4, -0.2) is 62.7 Å². The molecule has 2 aromatic carbocycles. The molecule has 9 heteroatoms. The van der Waals surface area contributed by atoms with Gasteiger partial charge in [0.1, 0.15) is 5.92 Å². The van der Waals surface area contributed by atoms with Gasteiger partial charge in [-0.05, 0) is 67.5 Å². The van der Waals surface area contributed by atoms with Crippen molar-refractivity contribution in [2.24, 2.45) is 4.99 Å². The molecule has 1 aliphatic rings. The summed E-state index contributed by atoms with van der Waals surface area (Å²) in [5, 5.41) is 4.83. The van der Waals surface area contributed by atoms with Crippen molar-refractivity contribution in [3.63, 3.8) is 0 Å². The quantitative estimate of drug-likeness (QED) is 0.365. The molecule has 0 spiro atoms. The van der Waals surface area contributed by atoms with Gasteiger partial charge in [-0.25, -0.2) is 4.79 Å². The van der Waals surface area contributed by atoms with Crippen molar-refractivity contribution in [3.05, 3.63) is 76.0 Å². The van der Waals surface area contributed by atoms with Crippen LogP contribution < -0.4 is 10.2 Å². The lowest BCUT2D eigenvalue weighted by atomic mass is 9.93. The first kappa shape index (κ1) is 25.3. The highest BCUT2D eigenvalue weighted by molar-refractivity contribution is 7.12. The Morgan fingerprint density at radius 3 is 2.44 bits per heavy atom. The van der Waals surface area contributed by atoms with Crippen LogP contribution >= 0.6 is 11.3 Å². The zero-order valence-corrected chi connectivity index (χ0v) is 21.5. The van der Waals surface area contributed by atoms with Crippen LogP contribution in [0.5, 0.6) is 0 Å². The Balaban J connectivity index is 1.69. The fourth-order valence-corrected chi connectivity index (χ4v) is 4.82. The van der Waals surface area contributed by atoms with Gasteiger partial charge in [0.25, 0.3) is 0 Å². The number of carbonyl (C=O) groups excluding carboxylic acids is 3. The van der Waals surface area contributed by atoms with Crippen molar-refractivity contribution in [3.8, 4) is 0 Å². The molecular weight excluding hydrogens is 476 g/mol. The van der Waals surface area contributed by atoms with E-state index < -0.39 is 11.9 Å². The van der Waals surface area contributed by atoms with Crippen LogP contribution in [0.1, 0.15) is 33.6 Å². The average Bonchev–Trinajstić information content (AvgIpc) is 3.50. The summed E-state index contributed by atoms with van der Waals surface area (Å²) >= 11 is 1.50. The molecule has 1 atom stereocenters. The molecule has 1 N–H and O–H groups in total. The van der Waals surface area contributed by atoms with Gasteiger partial charge in [-0.15, -0.1) is 11.3 Å². The number of aliphatic imine (C=N–C) groups is 1. The van der Waals surface area contributed by atoms with Gasteiger partial charge in [0.2, 0.25) is 11.8 Å². The number of esters is 1. The van der Waals surface area contributed by atoms with E-state index in [1.54, 1.807) is 30.0 Å². The predicted octanol–water partition coefficient (Wildman–Crippen LogP) is 4.31. The minimum Gasteiger partial charge on any atom is -0.465 e. The number of likely N-dealkylation sites (N-methyl/N-ethyl adjacent to an activating group) is 1. The zero-order valence-electron chi connectivity index (χ0n) is 20.6. The van der Waals surface area contributed by atoms with E-state index in [4.69, 9.17) is 9.73 Å².